The van der Waals surface area contributed by atoms with Gasteiger partial charge in [-0.1, -0.05) is 35.2 Å². The smallest absolute Gasteiger partial charge is 0.377 e. The molecule has 0 rings (SSSR count). The maximum absolute atomic E-state index is 5.41. The van der Waals surface area contributed by atoms with E-state index in [2.05, 4.69) is 28.6 Å². The van der Waals surface area contributed by atoms with Crippen LogP contribution in [0.4, 0.5) is 0 Å². The molecule has 0 N–H and O–H groups in total. The van der Waals surface area contributed by atoms with Crippen molar-refractivity contribution >= 4 is 37.4 Å². The minimum atomic E-state index is -2.36. The quantitative estimate of drug-likeness (QED) is 0.226. The first-order valence-electron chi connectivity index (χ1n) is 7.03. The molecule has 0 bridgehead atoms. The van der Waals surface area contributed by atoms with Crippen LogP contribution >= 0.6 is 28.6 Å². The number of hydrogen-bond acceptors (Lipinski definition) is 4. The van der Waals surface area contributed by atoms with Gasteiger partial charge in [0.25, 0.3) is 0 Å². The lowest BCUT2D eigenvalue weighted by molar-refractivity contribution is 0.122. The lowest BCUT2D eigenvalue weighted by Gasteiger charge is -2.24. The highest BCUT2D eigenvalue weighted by Gasteiger charge is 2.36. The Labute approximate surface area is 133 Å². The molecule has 0 saturated carbocycles. The van der Waals surface area contributed by atoms with Gasteiger partial charge < -0.3 is 13.3 Å². The average Bonchev–Trinajstić information content (AvgIpc) is 2.45. The number of halogens is 1. The Bertz CT molecular complexity index is 198. The molecule has 0 aliphatic carbocycles. The molecule has 0 aromatic rings. The minimum absolute atomic E-state index is 0.527. The lowest BCUT2D eigenvalue weighted by atomic mass is 10.1. The summed E-state index contributed by atoms with van der Waals surface area (Å²) in [4.78, 5) is 0. The van der Waals surface area contributed by atoms with E-state index in [9.17, 15) is 0 Å². The average molecular weight is 373 g/mol. The van der Waals surface area contributed by atoms with Gasteiger partial charge in [0.2, 0.25) is 0 Å². The maximum atomic E-state index is 5.41. The van der Waals surface area contributed by atoms with E-state index in [0.717, 1.165) is 24.2 Å². The van der Waals surface area contributed by atoms with Crippen LogP contribution in [0.3, 0.4) is 0 Å². The highest BCUT2D eigenvalue weighted by molar-refractivity contribution is 9.09. The van der Waals surface area contributed by atoms with E-state index in [1.54, 1.807) is 21.3 Å². The fourth-order valence-corrected chi connectivity index (χ4v) is 4.63. The molecule has 6 heteroatoms. The largest absolute Gasteiger partial charge is 0.500 e. The summed E-state index contributed by atoms with van der Waals surface area (Å²) >= 11 is 8.11. The van der Waals surface area contributed by atoms with Crippen molar-refractivity contribution in [2.75, 3.05) is 26.7 Å². The summed E-state index contributed by atoms with van der Waals surface area (Å²) in [6, 6.07) is 0.889. The fourth-order valence-electron chi connectivity index (χ4n) is 2.07. The molecule has 116 valence electrons. The lowest BCUT2D eigenvalue weighted by Crippen LogP contribution is -2.42. The number of rotatable bonds is 13. The molecule has 0 amide bonds. The Morgan fingerprint density at radius 1 is 0.895 bits per heavy atom. The molecule has 0 heterocycles. The van der Waals surface area contributed by atoms with Gasteiger partial charge in [0.05, 0.1) is 0 Å². The third-order valence-corrected chi connectivity index (χ3v) is 7.28. The molecule has 0 radical (unpaired) electrons. The van der Waals surface area contributed by atoms with Gasteiger partial charge in [-0.05, 0) is 25.7 Å². The van der Waals surface area contributed by atoms with Crippen molar-refractivity contribution in [1.82, 2.24) is 0 Å². The molecule has 19 heavy (non-hydrogen) atoms. The zero-order valence-electron chi connectivity index (χ0n) is 12.5. The zero-order valence-corrected chi connectivity index (χ0v) is 16.0. The van der Waals surface area contributed by atoms with Gasteiger partial charge in [-0.15, -0.1) is 0 Å². The standard InChI is InChI=1S/C13H29BrO3SSi/c1-15-19(16-2,17-3)12-8-6-10-13(18)9-5-4-7-11-14/h13,18H,4-12H2,1-3H3. The monoisotopic (exact) mass is 372 g/mol. The summed E-state index contributed by atoms with van der Waals surface area (Å²) in [5, 5.41) is 1.64. The van der Waals surface area contributed by atoms with Gasteiger partial charge in [-0.25, -0.2) is 0 Å². The maximum Gasteiger partial charge on any atom is 0.500 e. The van der Waals surface area contributed by atoms with E-state index in [0.29, 0.717) is 5.25 Å². The second-order valence-corrected chi connectivity index (χ2v) is 9.35. The Hall–Kier alpha value is 0.927. The Morgan fingerprint density at radius 2 is 1.42 bits per heavy atom. The highest BCUT2D eigenvalue weighted by Crippen LogP contribution is 2.20. The van der Waals surface area contributed by atoms with Gasteiger partial charge >= 0.3 is 8.80 Å². The minimum Gasteiger partial charge on any atom is -0.377 e. The number of thiol groups is 1. The molecule has 0 aliphatic heterocycles. The number of hydrogen-bond donors (Lipinski definition) is 1. The predicted molar refractivity (Wildman–Crippen MR) is 90.5 cm³/mol. The molecule has 0 fully saturated rings. The first kappa shape index (κ1) is 19.9. The summed E-state index contributed by atoms with van der Waals surface area (Å²) in [7, 11) is 2.66. The van der Waals surface area contributed by atoms with Crippen LogP contribution in [0.15, 0.2) is 0 Å². The van der Waals surface area contributed by atoms with Crippen molar-refractivity contribution in [3.63, 3.8) is 0 Å². The SMILES string of the molecule is CO[Si](CCCCC(S)CCCCCBr)(OC)OC. The second kappa shape index (κ2) is 12.7. The summed E-state index contributed by atoms with van der Waals surface area (Å²) in [6.45, 7) is 0. The third kappa shape index (κ3) is 9.47. The second-order valence-electron chi connectivity index (χ2n) is 4.73. The van der Waals surface area contributed by atoms with Crippen molar-refractivity contribution in [1.29, 1.82) is 0 Å². The molecule has 1 unspecified atom stereocenters. The van der Waals surface area contributed by atoms with E-state index in [1.165, 1.54) is 32.1 Å². The summed E-state index contributed by atoms with van der Waals surface area (Å²) < 4.78 is 16.2. The summed E-state index contributed by atoms with van der Waals surface area (Å²) in [6.07, 6.45) is 8.49. The fraction of sp³-hybridized carbons (Fsp3) is 1.00. The van der Waals surface area contributed by atoms with Crippen molar-refractivity contribution in [2.45, 2.75) is 56.2 Å². The van der Waals surface area contributed by atoms with Crippen molar-refractivity contribution < 1.29 is 13.3 Å². The van der Waals surface area contributed by atoms with Crippen LogP contribution in [-0.2, 0) is 13.3 Å². The van der Waals surface area contributed by atoms with Crippen LogP contribution < -0.4 is 0 Å². The van der Waals surface area contributed by atoms with Gasteiger partial charge in [-0.3, -0.25) is 0 Å². The molecule has 0 aromatic heterocycles. The van der Waals surface area contributed by atoms with E-state index in [-0.39, 0.29) is 0 Å². The van der Waals surface area contributed by atoms with Gasteiger partial charge in [-0.2, -0.15) is 12.6 Å². The Morgan fingerprint density at radius 3 is 1.89 bits per heavy atom. The first-order chi connectivity index (χ1) is 9.14. The van der Waals surface area contributed by atoms with Crippen LogP contribution in [0.2, 0.25) is 6.04 Å². The molecule has 0 saturated heterocycles. The van der Waals surface area contributed by atoms with Crippen LogP contribution in [-0.4, -0.2) is 40.7 Å². The highest BCUT2D eigenvalue weighted by atomic mass is 79.9. The van der Waals surface area contributed by atoms with Crippen molar-refractivity contribution in [3.05, 3.63) is 0 Å². The number of unbranched alkanes of at least 4 members (excludes halogenated alkanes) is 3. The third-order valence-electron chi connectivity index (χ3n) is 3.37. The van der Waals surface area contributed by atoms with Crippen molar-refractivity contribution in [2.24, 2.45) is 0 Å². The molecular weight excluding hydrogens is 344 g/mol. The zero-order chi connectivity index (χ0) is 14.6. The Balaban J connectivity index is 3.61. The van der Waals surface area contributed by atoms with E-state index in [4.69, 9.17) is 13.3 Å². The Kier molecular flexibility index (Phi) is 13.3. The van der Waals surface area contributed by atoms with Crippen LogP contribution in [0.1, 0.15) is 44.9 Å². The molecule has 0 aromatic carbocycles. The summed E-state index contributed by atoms with van der Waals surface area (Å²) in [5.41, 5.74) is 0. The summed E-state index contributed by atoms with van der Waals surface area (Å²) in [5.74, 6) is 0. The van der Waals surface area contributed by atoms with E-state index >= 15 is 0 Å². The van der Waals surface area contributed by atoms with Gasteiger partial charge in [0, 0.05) is 38.0 Å². The predicted octanol–water partition coefficient (Wildman–Crippen LogP) is 4.29. The van der Waals surface area contributed by atoms with Gasteiger partial charge in [0.1, 0.15) is 0 Å². The van der Waals surface area contributed by atoms with Crippen molar-refractivity contribution in [3.8, 4) is 0 Å². The molecular formula is C13H29BrO3SSi. The molecule has 0 aliphatic rings. The molecule has 0 spiro atoms. The van der Waals surface area contributed by atoms with Crippen LogP contribution in [0.25, 0.3) is 0 Å². The molecule has 3 nitrogen and oxygen atoms in total. The van der Waals surface area contributed by atoms with Gasteiger partial charge in [0.15, 0.2) is 0 Å². The number of alkyl halides is 1. The topological polar surface area (TPSA) is 27.7 Å². The first-order valence-corrected chi connectivity index (χ1v) is 10.6. The normalized spacial score (nSPS) is 13.7. The van der Waals surface area contributed by atoms with E-state index in [1.807, 2.05) is 0 Å². The van der Waals surface area contributed by atoms with Crippen LogP contribution in [0.5, 0.6) is 0 Å². The van der Waals surface area contributed by atoms with E-state index < -0.39 is 8.80 Å². The van der Waals surface area contributed by atoms with Crippen LogP contribution in [0, 0.1) is 0 Å². The molecule has 1 atom stereocenters.